The molecule has 90 valence electrons. The monoisotopic (exact) mass is 265 g/mol. The second kappa shape index (κ2) is 4.28. The van der Waals surface area contributed by atoms with Crippen LogP contribution in [0.3, 0.4) is 0 Å². The van der Waals surface area contributed by atoms with Gasteiger partial charge in [-0.15, -0.1) is 0 Å². The minimum Gasteiger partial charge on any atom is -0.284 e. The molecule has 0 aliphatic heterocycles. The fourth-order valence-corrected chi connectivity index (χ4v) is 2.04. The van der Waals surface area contributed by atoms with Crippen LogP contribution in [0, 0.1) is 0 Å². The molecule has 0 radical (unpaired) electrons. The zero-order chi connectivity index (χ0) is 12.4. The van der Waals surface area contributed by atoms with Crippen molar-refractivity contribution in [2.45, 2.75) is 0 Å². The number of sulfonamides is 1. The normalized spacial score (nSPS) is 12.1. The lowest BCUT2D eigenvalue weighted by Crippen LogP contribution is -2.21. The predicted octanol–water partition coefficient (Wildman–Crippen LogP) is -0.326. The first kappa shape index (κ1) is 12.7. The molecule has 0 bridgehead atoms. The van der Waals surface area contributed by atoms with Crippen molar-refractivity contribution in [2.24, 2.45) is 5.14 Å². The van der Waals surface area contributed by atoms with Gasteiger partial charge in [-0.25, -0.2) is 13.6 Å². The maximum absolute atomic E-state index is 10.9. The molecule has 0 aliphatic carbocycles. The summed E-state index contributed by atoms with van der Waals surface area (Å²) in [5.74, 6) is 0. The lowest BCUT2D eigenvalue weighted by atomic mass is 10.3. The molecule has 16 heavy (non-hydrogen) atoms. The molecule has 1 aromatic rings. The molecule has 0 unspecified atom stereocenters. The van der Waals surface area contributed by atoms with Crippen LogP contribution in [-0.4, -0.2) is 23.1 Å². The number of anilines is 2. The number of benzene rings is 1. The van der Waals surface area contributed by atoms with E-state index in [0.29, 0.717) is 0 Å². The highest BCUT2D eigenvalue weighted by Crippen LogP contribution is 2.16. The number of hydrogen-bond donors (Lipinski definition) is 3. The second-order valence-corrected chi connectivity index (χ2v) is 6.14. The Morgan fingerprint density at radius 1 is 1.06 bits per heavy atom. The molecule has 0 saturated carbocycles. The molecule has 7 nitrogen and oxygen atoms in total. The Hall–Kier alpha value is -1.32. The maximum atomic E-state index is 10.9. The van der Waals surface area contributed by atoms with Crippen molar-refractivity contribution in [3.63, 3.8) is 0 Å². The summed E-state index contributed by atoms with van der Waals surface area (Å²) in [6.07, 6.45) is 0.993. The van der Waals surface area contributed by atoms with Crippen molar-refractivity contribution >= 4 is 31.6 Å². The molecule has 9 heteroatoms. The minimum absolute atomic E-state index is 0.177. The number of hydrogen-bond acceptors (Lipinski definition) is 4. The summed E-state index contributed by atoms with van der Waals surface area (Å²) in [7, 11) is -7.26. The molecule has 0 fully saturated rings. The fourth-order valence-electron chi connectivity index (χ4n) is 1.02. The third-order valence-electron chi connectivity index (χ3n) is 1.43. The van der Waals surface area contributed by atoms with Gasteiger partial charge >= 0.3 is 0 Å². The van der Waals surface area contributed by atoms with Crippen molar-refractivity contribution in [1.82, 2.24) is 0 Å². The maximum Gasteiger partial charge on any atom is 0.296 e. The highest BCUT2D eigenvalue weighted by Gasteiger charge is 2.05. The Morgan fingerprint density at radius 3 is 2.00 bits per heavy atom. The highest BCUT2D eigenvalue weighted by molar-refractivity contribution is 7.92. The first-order chi connectivity index (χ1) is 7.16. The fraction of sp³-hybridized carbons (Fsp3) is 0.143. The lowest BCUT2D eigenvalue weighted by Gasteiger charge is -2.07. The predicted molar refractivity (Wildman–Crippen MR) is 61.6 cm³/mol. The average molecular weight is 265 g/mol. The van der Waals surface area contributed by atoms with Gasteiger partial charge in [0.15, 0.2) is 0 Å². The topological polar surface area (TPSA) is 118 Å². The molecule has 0 amide bonds. The van der Waals surface area contributed by atoms with E-state index in [1.807, 2.05) is 4.72 Å². The Kier molecular flexibility index (Phi) is 3.41. The van der Waals surface area contributed by atoms with E-state index < -0.39 is 20.2 Å². The summed E-state index contributed by atoms with van der Waals surface area (Å²) < 4.78 is 47.5. The van der Waals surface area contributed by atoms with Gasteiger partial charge in [0.2, 0.25) is 10.0 Å². The van der Waals surface area contributed by atoms with Crippen molar-refractivity contribution in [3.05, 3.63) is 24.3 Å². The van der Waals surface area contributed by atoms with Crippen LogP contribution in [0.5, 0.6) is 0 Å². The van der Waals surface area contributed by atoms with Crippen LogP contribution in [0.1, 0.15) is 0 Å². The highest BCUT2D eigenvalue weighted by atomic mass is 32.2. The van der Waals surface area contributed by atoms with Crippen LogP contribution >= 0.6 is 0 Å². The summed E-state index contributed by atoms with van der Waals surface area (Å²) in [6.45, 7) is 0. The van der Waals surface area contributed by atoms with Gasteiger partial charge < -0.3 is 0 Å². The van der Waals surface area contributed by atoms with Gasteiger partial charge in [-0.05, 0) is 18.2 Å². The van der Waals surface area contributed by atoms with E-state index >= 15 is 0 Å². The Bertz CT molecular complexity index is 530. The third kappa shape index (κ3) is 4.96. The van der Waals surface area contributed by atoms with Gasteiger partial charge in [-0.3, -0.25) is 9.44 Å². The molecule has 1 rings (SSSR count). The van der Waals surface area contributed by atoms with Crippen LogP contribution in [0.4, 0.5) is 11.4 Å². The van der Waals surface area contributed by atoms with E-state index in [1.165, 1.54) is 24.3 Å². The average Bonchev–Trinajstić information content (AvgIpc) is 1.96. The number of nitrogens with one attached hydrogen (secondary N) is 2. The molecular weight excluding hydrogens is 254 g/mol. The molecule has 0 atom stereocenters. The quantitative estimate of drug-likeness (QED) is 0.690. The molecule has 4 N–H and O–H groups in total. The van der Waals surface area contributed by atoms with Crippen LogP contribution in [0.2, 0.25) is 0 Å². The summed E-state index contributed by atoms with van der Waals surface area (Å²) in [5, 5.41) is 4.77. The van der Waals surface area contributed by atoms with E-state index in [4.69, 9.17) is 5.14 Å². The summed E-state index contributed by atoms with van der Waals surface area (Å²) in [6, 6.07) is 5.72. The van der Waals surface area contributed by atoms with E-state index in [1.54, 1.807) is 0 Å². The lowest BCUT2D eigenvalue weighted by molar-refractivity contribution is 0.602. The smallest absolute Gasteiger partial charge is 0.284 e. The zero-order valence-corrected chi connectivity index (χ0v) is 9.97. The van der Waals surface area contributed by atoms with Crippen molar-refractivity contribution in [3.8, 4) is 0 Å². The van der Waals surface area contributed by atoms with Gasteiger partial charge in [0.05, 0.1) is 17.6 Å². The molecular formula is C7H11N3O4S2. The van der Waals surface area contributed by atoms with Crippen molar-refractivity contribution in [1.29, 1.82) is 0 Å². The summed E-state index contributed by atoms with van der Waals surface area (Å²) in [5.41, 5.74) is 0.423. The van der Waals surface area contributed by atoms with E-state index in [9.17, 15) is 16.8 Å². The molecule has 0 aliphatic rings. The standard InChI is InChI=1S/C7H11N3O4S2/c1-15(11,12)9-6-3-2-4-7(5-6)10-16(8,13)14/h2-5,9-10H,1H3,(H2,8,13,14). The van der Waals surface area contributed by atoms with E-state index in [2.05, 4.69) is 4.72 Å². The number of nitrogens with two attached hydrogens (primary N) is 1. The van der Waals surface area contributed by atoms with Crippen molar-refractivity contribution < 1.29 is 16.8 Å². The van der Waals surface area contributed by atoms with Gasteiger partial charge in [0, 0.05) is 0 Å². The molecule has 1 aromatic carbocycles. The van der Waals surface area contributed by atoms with Gasteiger partial charge in [-0.1, -0.05) is 6.07 Å². The van der Waals surface area contributed by atoms with Gasteiger partial charge in [0.1, 0.15) is 0 Å². The summed E-state index contributed by atoms with van der Waals surface area (Å²) in [4.78, 5) is 0. The Labute approximate surface area is 93.9 Å². The van der Waals surface area contributed by atoms with E-state index in [0.717, 1.165) is 6.26 Å². The Balaban J connectivity index is 2.96. The minimum atomic E-state index is -3.86. The van der Waals surface area contributed by atoms with Crippen LogP contribution < -0.4 is 14.6 Å². The first-order valence-electron chi connectivity index (χ1n) is 4.04. The first-order valence-corrected chi connectivity index (χ1v) is 7.48. The molecule has 0 spiro atoms. The number of rotatable bonds is 4. The molecule has 0 saturated heterocycles. The summed E-state index contributed by atoms with van der Waals surface area (Å²) >= 11 is 0. The second-order valence-electron chi connectivity index (χ2n) is 3.10. The van der Waals surface area contributed by atoms with E-state index in [-0.39, 0.29) is 11.4 Å². The van der Waals surface area contributed by atoms with Gasteiger partial charge in [-0.2, -0.15) is 8.42 Å². The van der Waals surface area contributed by atoms with Crippen LogP contribution in [-0.2, 0) is 20.2 Å². The van der Waals surface area contributed by atoms with Gasteiger partial charge in [0.25, 0.3) is 10.2 Å². The molecule has 0 heterocycles. The zero-order valence-electron chi connectivity index (χ0n) is 8.34. The Morgan fingerprint density at radius 2 is 1.56 bits per heavy atom. The molecule has 0 aromatic heterocycles. The largest absolute Gasteiger partial charge is 0.296 e. The van der Waals surface area contributed by atoms with Crippen molar-refractivity contribution in [2.75, 3.05) is 15.7 Å². The third-order valence-corrected chi connectivity index (χ3v) is 2.55. The van der Waals surface area contributed by atoms with Crippen LogP contribution in [0.15, 0.2) is 24.3 Å². The SMILES string of the molecule is CS(=O)(=O)Nc1cccc(NS(N)(=O)=O)c1. The van der Waals surface area contributed by atoms with Crippen LogP contribution in [0.25, 0.3) is 0 Å².